The fourth-order valence-corrected chi connectivity index (χ4v) is 2.74. The molecule has 112 valence electrons. The number of hydrogen-bond donors (Lipinski definition) is 1. The maximum atomic E-state index is 14.2. The van der Waals surface area contributed by atoms with Crippen LogP contribution in [0.1, 0.15) is 25.3 Å². The minimum Gasteiger partial charge on any atom is -0.377 e. The summed E-state index contributed by atoms with van der Waals surface area (Å²) >= 11 is 0. The molecule has 0 saturated carbocycles. The van der Waals surface area contributed by atoms with E-state index in [-0.39, 0.29) is 11.8 Å². The van der Waals surface area contributed by atoms with Crippen molar-refractivity contribution in [1.29, 1.82) is 0 Å². The number of nitrogens with zero attached hydrogens (tertiary/aromatic N) is 1. The Labute approximate surface area is 118 Å². The van der Waals surface area contributed by atoms with Crippen molar-refractivity contribution in [3.63, 3.8) is 0 Å². The van der Waals surface area contributed by atoms with Crippen LogP contribution in [0.15, 0.2) is 12.1 Å². The molecule has 0 amide bonds. The van der Waals surface area contributed by atoms with Crippen LogP contribution < -0.4 is 10.2 Å². The van der Waals surface area contributed by atoms with E-state index in [2.05, 4.69) is 5.32 Å². The number of ether oxygens (including phenoxy) is 1. The molecule has 1 fully saturated rings. The first-order valence-corrected chi connectivity index (χ1v) is 7.14. The molecular formula is C15H22F2N2O. The summed E-state index contributed by atoms with van der Waals surface area (Å²) in [5.74, 6) is -0.986. The van der Waals surface area contributed by atoms with Gasteiger partial charge in [-0.05, 0) is 44.5 Å². The molecule has 20 heavy (non-hydrogen) atoms. The normalized spacial score (nSPS) is 19.4. The minimum atomic E-state index is -0.493. The summed E-state index contributed by atoms with van der Waals surface area (Å²) in [6.07, 6.45) is 1.90. The largest absolute Gasteiger partial charge is 0.377 e. The highest BCUT2D eigenvalue weighted by molar-refractivity contribution is 5.51. The summed E-state index contributed by atoms with van der Waals surface area (Å²) in [7, 11) is 1.75. The van der Waals surface area contributed by atoms with Crippen molar-refractivity contribution in [1.82, 2.24) is 5.32 Å². The highest BCUT2D eigenvalue weighted by atomic mass is 19.1. The third kappa shape index (κ3) is 3.46. The second-order valence-corrected chi connectivity index (χ2v) is 5.10. The molecule has 0 aliphatic carbocycles. The Morgan fingerprint density at radius 1 is 1.35 bits per heavy atom. The van der Waals surface area contributed by atoms with Gasteiger partial charge < -0.3 is 15.0 Å². The molecule has 1 aliphatic rings. The van der Waals surface area contributed by atoms with Gasteiger partial charge >= 0.3 is 0 Å². The molecule has 0 bridgehead atoms. The number of hydrogen-bond acceptors (Lipinski definition) is 3. The molecule has 1 aromatic rings. The van der Waals surface area contributed by atoms with E-state index < -0.39 is 11.6 Å². The van der Waals surface area contributed by atoms with E-state index in [1.807, 2.05) is 6.92 Å². The number of halogens is 2. The van der Waals surface area contributed by atoms with Gasteiger partial charge in [-0.3, -0.25) is 0 Å². The van der Waals surface area contributed by atoms with Gasteiger partial charge in [0.25, 0.3) is 0 Å². The maximum Gasteiger partial charge on any atom is 0.149 e. The van der Waals surface area contributed by atoms with Gasteiger partial charge in [-0.1, -0.05) is 0 Å². The van der Waals surface area contributed by atoms with Crippen LogP contribution in [0.4, 0.5) is 14.5 Å². The Morgan fingerprint density at radius 3 is 2.65 bits per heavy atom. The van der Waals surface area contributed by atoms with Crippen LogP contribution in [0, 0.1) is 11.6 Å². The lowest BCUT2D eigenvalue weighted by molar-refractivity contribution is 0.0524. The van der Waals surface area contributed by atoms with E-state index >= 15 is 0 Å². The lowest BCUT2D eigenvalue weighted by Crippen LogP contribution is -2.40. The SMILES string of the molecule is CCOC1CCCN(c2c(F)cc(CNC)cc2F)C1. The number of anilines is 1. The zero-order valence-electron chi connectivity index (χ0n) is 12.1. The van der Waals surface area contributed by atoms with Crippen LogP contribution >= 0.6 is 0 Å². The second kappa shape index (κ2) is 6.99. The predicted molar refractivity (Wildman–Crippen MR) is 76.0 cm³/mol. The molecule has 1 unspecified atom stereocenters. The van der Waals surface area contributed by atoms with Gasteiger partial charge in [-0.25, -0.2) is 8.78 Å². The summed E-state index contributed by atoms with van der Waals surface area (Å²) in [6, 6.07) is 2.80. The van der Waals surface area contributed by atoms with Crippen molar-refractivity contribution in [3.05, 3.63) is 29.3 Å². The average Bonchev–Trinajstić information content (AvgIpc) is 2.39. The Kier molecular flexibility index (Phi) is 5.31. The van der Waals surface area contributed by atoms with Gasteiger partial charge in [-0.2, -0.15) is 0 Å². The van der Waals surface area contributed by atoms with E-state index in [0.717, 1.165) is 12.8 Å². The lowest BCUT2D eigenvalue weighted by Gasteiger charge is -2.34. The minimum absolute atomic E-state index is 0.0598. The van der Waals surface area contributed by atoms with Crippen molar-refractivity contribution < 1.29 is 13.5 Å². The Bertz CT molecular complexity index is 428. The molecule has 0 spiro atoms. The third-order valence-corrected chi connectivity index (χ3v) is 3.55. The van der Waals surface area contributed by atoms with Crippen LogP contribution in [0.2, 0.25) is 0 Å². The standard InChI is InChI=1S/C15H22F2N2O/c1-3-20-12-5-4-6-19(10-12)15-13(16)7-11(9-18-2)8-14(15)17/h7-8,12,18H,3-6,9-10H2,1-2H3. The molecule has 1 N–H and O–H groups in total. The van der Waals surface area contributed by atoms with E-state index in [9.17, 15) is 8.78 Å². The van der Waals surface area contributed by atoms with Crippen molar-refractivity contribution in [3.8, 4) is 0 Å². The molecule has 3 nitrogen and oxygen atoms in total. The molecule has 1 aliphatic heterocycles. The molecule has 2 rings (SSSR count). The average molecular weight is 284 g/mol. The van der Waals surface area contributed by atoms with Crippen molar-refractivity contribution >= 4 is 5.69 Å². The molecule has 0 aromatic heterocycles. The maximum absolute atomic E-state index is 14.2. The molecule has 0 radical (unpaired) electrons. The Morgan fingerprint density at radius 2 is 2.05 bits per heavy atom. The van der Waals surface area contributed by atoms with Gasteiger partial charge in [0.15, 0.2) is 0 Å². The molecule has 1 atom stereocenters. The summed E-state index contributed by atoms with van der Waals surface area (Å²) in [5.41, 5.74) is 0.693. The van der Waals surface area contributed by atoms with Crippen LogP contribution in [0.3, 0.4) is 0 Å². The van der Waals surface area contributed by atoms with E-state index in [4.69, 9.17) is 4.74 Å². The molecule has 5 heteroatoms. The van der Waals surface area contributed by atoms with E-state index in [1.54, 1.807) is 11.9 Å². The zero-order valence-corrected chi connectivity index (χ0v) is 12.1. The van der Waals surface area contributed by atoms with Gasteiger partial charge in [0.2, 0.25) is 0 Å². The smallest absolute Gasteiger partial charge is 0.149 e. The van der Waals surface area contributed by atoms with Gasteiger partial charge in [-0.15, -0.1) is 0 Å². The molecular weight excluding hydrogens is 262 g/mol. The topological polar surface area (TPSA) is 24.5 Å². The fourth-order valence-electron chi connectivity index (χ4n) is 2.74. The zero-order chi connectivity index (χ0) is 14.5. The summed E-state index contributed by atoms with van der Waals surface area (Å²) < 4.78 is 33.9. The van der Waals surface area contributed by atoms with E-state index in [0.29, 0.717) is 31.8 Å². The first-order chi connectivity index (χ1) is 9.65. The highest BCUT2D eigenvalue weighted by Crippen LogP contribution is 2.28. The molecule has 1 heterocycles. The van der Waals surface area contributed by atoms with Crippen LogP contribution in [0.25, 0.3) is 0 Å². The van der Waals surface area contributed by atoms with Crippen molar-refractivity contribution in [2.24, 2.45) is 0 Å². The number of rotatable bonds is 5. The summed E-state index contributed by atoms with van der Waals surface area (Å²) in [6.45, 7) is 4.24. The summed E-state index contributed by atoms with van der Waals surface area (Å²) in [5, 5.41) is 2.89. The van der Waals surface area contributed by atoms with E-state index in [1.165, 1.54) is 12.1 Å². The predicted octanol–water partition coefficient (Wildman–Crippen LogP) is 2.69. The highest BCUT2D eigenvalue weighted by Gasteiger charge is 2.25. The quantitative estimate of drug-likeness (QED) is 0.899. The van der Waals surface area contributed by atoms with Gasteiger partial charge in [0.1, 0.15) is 17.3 Å². The lowest BCUT2D eigenvalue weighted by atomic mass is 10.1. The molecule has 1 saturated heterocycles. The first kappa shape index (κ1) is 15.2. The van der Waals surface area contributed by atoms with Gasteiger partial charge in [0.05, 0.1) is 6.10 Å². The van der Waals surface area contributed by atoms with Crippen molar-refractivity contribution in [2.45, 2.75) is 32.4 Å². The second-order valence-electron chi connectivity index (χ2n) is 5.10. The Hall–Kier alpha value is -1.20. The van der Waals surface area contributed by atoms with Crippen LogP contribution in [-0.2, 0) is 11.3 Å². The third-order valence-electron chi connectivity index (χ3n) is 3.55. The first-order valence-electron chi connectivity index (χ1n) is 7.14. The monoisotopic (exact) mass is 284 g/mol. The number of nitrogens with one attached hydrogen (secondary N) is 1. The fraction of sp³-hybridized carbons (Fsp3) is 0.600. The van der Waals surface area contributed by atoms with Crippen molar-refractivity contribution in [2.75, 3.05) is 31.6 Å². The van der Waals surface area contributed by atoms with Crippen LogP contribution in [-0.4, -0.2) is 32.8 Å². The summed E-state index contributed by atoms with van der Waals surface area (Å²) in [4.78, 5) is 1.76. The van der Waals surface area contributed by atoms with Crippen LogP contribution in [0.5, 0.6) is 0 Å². The molecule has 1 aromatic carbocycles. The van der Waals surface area contributed by atoms with Gasteiger partial charge in [0, 0.05) is 26.2 Å². The number of piperidine rings is 1. The Balaban J connectivity index is 2.19. The number of benzene rings is 1.